The Balaban J connectivity index is 1.95. The SMILES string of the molecule is C=C[C@@]1(C)CC[C@H]2[C@]3(C)CC[C@@H](O)C(C)(C)[C@@H]3CC[C@]2(C)O1. The summed E-state index contributed by atoms with van der Waals surface area (Å²) in [6, 6.07) is 0. The quantitative estimate of drug-likeness (QED) is 0.711. The smallest absolute Gasteiger partial charge is 0.0839 e. The topological polar surface area (TPSA) is 29.5 Å². The lowest BCUT2D eigenvalue weighted by molar-refractivity contribution is -0.262. The number of fused-ring (bicyclic) bond motifs is 3. The summed E-state index contributed by atoms with van der Waals surface area (Å²) in [4.78, 5) is 0. The minimum absolute atomic E-state index is 0.0213. The van der Waals surface area contributed by atoms with E-state index in [2.05, 4.69) is 41.2 Å². The van der Waals surface area contributed by atoms with Crippen LogP contribution in [0.2, 0.25) is 0 Å². The third kappa shape index (κ3) is 2.13. The van der Waals surface area contributed by atoms with Gasteiger partial charge in [-0.15, -0.1) is 6.58 Å². The van der Waals surface area contributed by atoms with Crippen LogP contribution in [0.15, 0.2) is 12.7 Å². The molecule has 0 unspecified atom stereocenters. The summed E-state index contributed by atoms with van der Waals surface area (Å²) in [7, 11) is 0. The van der Waals surface area contributed by atoms with Gasteiger partial charge in [0.2, 0.25) is 0 Å². The Morgan fingerprint density at radius 2 is 1.59 bits per heavy atom. The zero-order chi connectivity index (χ0) is 16.4. The normalized spacial score (nSPS) is 54.2. The molecule has 2 heteroatoms. The Labute approximate surface area is 136 Å². The molecule has 0 aromatic heterocycles. The van der Waals surface area contributed by atoms with Gasteiger partial charge in [-0.25, -0.2) is 0 Å². The summed E-state index contributed by atoms with van der Waals surface area (Å²) in [5.74, 6) is 1.19. The predicted octanol–water partition coefficient (Wildman–Crippen LogP) is 4.71. The summed E-state index contributed by atoms with van der Waals surface area (Å²) >= 11 is 0. The van der Waals surface area contributed by atoms with Crippen molar-refractivity contribution in [3.05, 3.63) is 12.7 Å². The minimum Gasteiger partial charge on any atom is -0.393 e. The molecule has 2 aliphatic carbocycles. The molecule has 0 radical (unpaired) electrons. The van der Waals surface area contributed by atoms with Crippen LogP contribution in [-0.2, 0) is 4.74 Å². The number of aliphatic hydroxyl groups excluding tert-OH is 1. The van der Waals surface area contributed by atoms with E-state index in [1.54, 1.807) is 0 Å². The Morgan fingerprint density at radius 3 is 2.23 bits per heavy atom. The fourth-order valence-electron chi connectivity index (χ4n) is 6.41. The molecular formula is C20H34O2. The molecule has 3 aliphatic rings. The van der Waals surface area contributed by atoms with Crippen LogP contribution in [0.1, 0.15) is 73.1 Å². The highest BCUT2D eigenvalue weighted by Crippen LogP contribution is 2.65. The molecule has 22 heavy (non-hydrogen) atoms. The van der Waals surface area contributed by atoms with Crippen molar-refractivity contribution >= 4 is 0 Å². The molecule has 0 aromatic rings. The van der Waals surface area contributed by atoms with Gasteiger partial charge in [-0.05, 0) is 75.0 Å². The van der Waals surface area contributed by atoms with Gasteiger partial charge < -0.3 is 9.84 Å². The van der Waals surface area contributed by atoms with Crippen molar-refractivity contribution in [1.29, 1.82) is 0 Å². The van der Waals surface area contributed by atoms with Crippen LogP contribution in [-0.4, -0.2) is 22.4 Å². The van der Waals surface area contributed by atoms with Crippen LogP contribution in [0.3, 0.4) is 0 Å². The van der Waals surface area contributed by atoms with E-state index < -0.39 is 0 Å². The van der Waals surface area contributed by atoms with Gasteiger partial charge in [-0.3, -0.25) is 0 Å². The van der Waals surface area contributed by atoms with Gasteiger partial charge in [0.15, 0.2) is 0 Å². The second-order valence-electron chi connectivity index (χ2n) is 9.50. The molecule has 1 heterocycles. The van der Waals surface area contributed by atoms with E-state index in [1.807, 2.05) is 6.08 Å². The van der Waals surface area contributed by atoms with Crippen molar-refractivity contribution in [2.45, 2.75) is 90.4 Å². The molecule has 1 N–H and O–H groups in total. The van der Waals surface area contributed by atoms with Gasteiger partial charge in [0.25, 0.3) is 0 Å². The average molecular weight is 306 g/mol. The number of aliphatic hydroxyl groups is 1. The highest BCUT2D eigenvalue weighted by molar-refractivity contribution is 5.13. The zero-order valence-electron chi connectivity index (χ0n) is 15.1. The lowest BCUT2D eigenvalue weighted by atomic mass is 9.44. The molecule has 0 aromatic carbocycles. The van der Waals surface area contributed by atoms with Gasteiger partial charge in [-0.1, -0.05) is 26.8 Å². The second-order valence-corrected chi connectivity index (χ2v) is 9.50. The largest absolute Gasteiger partial charge is 0.393 e. The van der Waals surface area contributed by atoms with E-state index >= 15 is 0 Å². The fraction of sp³-hybridized carbons (Fsp3) is 0.900. The van der Waals surface area contributed by atoms with Crippen molar-refractivity contribution < 1.29 is 9.84 Å². The van der Waals surface area contributed by atoms with E-state index in [1.165, 1.54) is 12.8 Å². The number of hydrogen-bond donors (Lipinski definition) is 1. The first-order valence-corrected chi connectivity index (χ1v) is 9.09. The Morgan fingerprint density at radius 1 is 0.955 bits per heavy atom. The predicted molar refractivity (Wildman–Crippen MR) is 90.7 cm³/mol. The second kappa shape index (κ2) is 4.83. The van der Waals surface area contributed by atoms with Crippen molar-refractivity contribution in [3.63, 3.8) is 0 Å². The van der Waals surface area contributed by atoms with Gasteiger partial charge in [0.05, 0.1) is 17.3 Å². The molecule has 0 spiro atoms. The van der Waals surface area contributed by atoms with E-state index in [0.717, 1.165) is 25.7 Å². The molecule has 0 amide bonds. The fourth-order valence-corrected chi connectivity index (χ4v) is 6.41. The molecule has 3 rings (SSSR count). The number of hydrogen-bond acceptors (Lipinski definition) is 2. The summed E-state index contributed by atoms with van der Waals surface area (Å²) in [6.07, 6.45) is 8.48. The van der Waals surface area contributed by atoms with E-state index in [9.17, 15) is 5.11 Å². The van der Waals surface area contributed by atoms with Crippen molar-refractivity contribution in [1.82, 2.24) is 0 Å². The third-order valence-electron chi connectivity index (χ3n) is 7.80. The van der Waals surface area contributed by atoms with Crippen LogP contribution >= 0.6 is 0 Å². The van der Waals surface area contributed by atoms with Gasteiger partial charge >= 0.3 is 0 Å². The minimum atomic E-state index is -0.169. The average Bonchev–Trinajstić information content (AvgIpc) is 2.42. The molecule has 1 aliphatic heterocycles. The maximum absolute atomic E-state index is 10.5. The van der Waals surface area contributed by atoms with Gasteiger partial charge in [-0.2, -0.15) is 0 Å². The van der Waals surface area contributed by atoms with Crippen molar-refractivity contribution in [3.8, 4) is 0 Å². The standard InChI is InChI=1S/C20H34O2/c1-7-18(4)11-8-15-19(5)12-10-16(21)17(2,3)14(19)9-13-20(15,6)22-18/h7,14-16,21H,1,8-13H2,2-6H3/t14-,15-,16+,18-,19+,20-/m0/s1. The molecular weight excluding hydrogens is 272 g/mol. The Kier molecular flexibility index (Phi) is 3.63. The van der Waals surface area contributed by atoms with Crippen molar-refractivity contribution in [2.24, 2.45) is 22.7 Å². The highest BCUT2D eigenvalue weighted by Gasteiger charge is 2.62. The first kappa shape index (κ1) is 16.5. The molecule has 2 saturated carbocycles. The Bertz CT molecular complexity index is 470. The summed E-state index contributed by atoms with van der Waals surface area (Å²) in [5, 5.41) is 10.5. The summed E-state index contributed by atoms with van der Waals surface area (Å²) in [5.41, 5.74) is 0.106. The molecule has 1 saturated heterocycles. The van der Waals surface area contributed by atoms with Crippen molar-refractivity contribution in [2.75, 3.05) is 0 Å². The van der Waals surface area contributed by atoms with E-state index in [4.69, 9.17) is 4.74 Å². The highest BCUT2D eigenvalue weighted by atomic mass is 16.5. The van der Waals surface area contributed by atoms with Crippen LogP contribution < -0.4 is 0 Å². The Hall–Kier alpha value is -0.340. The molecule has 6 atom stereocenters. The lowest BCUT2D eigenvalue weighted by Gasteiger charge is -2.65. The van der Waals surface area contributed by atoms with E-state index in [0.29, 0.717) is 11.8 Å². The van der Waals surface area contributed by atoms with Crippen LogP contribution in [0.5, 0.6) is 0 Å². The van der Waals surface area contributed by atoms with E-state index in [-0.39, 0.29) is 28.1 Å². The number of ether oxygens (including phenoxy) is 1. The molecule has 0 bridgehead atoms. The molecule has 2 nitrogen and oxygen atoms in total. The summed E-state index contributed by atoms with van der Waals surface area (Å²) in [6.45, 7) is 15.5. The first-order chi connectivity index (χ1) is 10.1. The zero-order valence-corrected chi connectivity index (χ0v) is 15.1. The number of rotatable bonds is 1. The third-order valence-corrected chi connectivity index (χ3v) is 7.80. The maximum atomic E-state index is 10.5. The van der Waals surface area contributed by atoms with Crippen LogP contribution in [0.4, 0.5) is 0 Å². The monoisotopic (exact) mass is 306 g/mol. The summed E-state index contributed by atoms with van der Waals surface area (Å²) < 4.78 is 6.64. The van der Waals surface area contributed by atoms with Gasteiger partial charge in [0.1, 0.15) is 0 Å². The van der Waals surface area contributed by atoms with Crippen LogP contribution in [0.25, 0.3) is 0 Å². The molecule has 3 fully saturated rings. The van der Waals surface area contributed by atoms with Crippen LogP contribution in [0, 0.1) is 22.7 Å². The lowest BCUT2D eigenvalue weighted by Crippen LogP contribution is -2.64. The molecule has 126 valence electrons. The van der Waals surface area contributed by atoms with Gasteiger partial charge in [0, 0.05) is 0 Å². The first-order valence-electron chi connectivity index (χ1n) is 9.09. The maximum Gasteiger partial charge on any atom is 0.0839 e.